The number of ether oxygens (including phenoxy) is 2. The van der Waals surface area contributed by atoms with E-state index in [0.29, 0.717) is 18.5 Å². The predicted molar refractivity (Wildman–Crippen MR) is 118 cm³/mol. The zero-order valence-corrected chi connectivity index (χ0v) is 18.6. The van der Waals surface area contributed by atoms with E-state index < -0.39 is 0 Å². The fraction of sp³-hybridized carbons (Fsp3) is 0.708. The number of hydrogen-bond donors (Lipinski definition) is 0. The van der Waals surface area contributed by atoms with Crippen LogP contribution in [0.25, 0.3) is 0 Å². The van der Waals surface area contributed by atoms with Crippen LogP contribution in [0.2, 0.25) is 0 Å². The Morgan fingerprint density at radius 1 is 0.900 bits per heavy atom. The second-order valence-electron chi connectivity index (χ2n) is 9.08. The summed E-state index contributed by atoms with van der Waals surface area (Å²) >= 11 is 0. The summed E-state index contributed by atoms with van der Waals surface area (Å²) in [5.41, 5.74) is 1.23. The summed E-state index contributed by atoms with van der Waals surface area (Å²) in [6.07, 6.45) is 7.69. The lowest BCUT2D eigenvalue weighted by atomic mass is 9.78. The smallest absolute Gasteiger partial charge is 0.237 e. The standard InChI is InChI=1S/C24H37N3O3/c1-29-22-10-9-19(16-23(22)30-2)17-25-12-14-26(15-13-25)18-24(28)27-11-5-7-20-6-3-4-8-21(20)27/h9-10,16,20-21H,3-8,11-15,17-18H2,1-2H3/t20-,21+/m1/s1. The molecule has 3 aliphatic rings. The number of piperidine rings is 1. The van der Waals surface area contributed by atoms with E-state index in [1.807, 2.05) is 6.07 Å². The summed E-state index contributed by atoms with van der Waals surface area (Å²) in [4.78, 5) is 20.1. The molecule has 0 unspecified atom stereocenters. The molecule has 2 atom stereocenters. The Hall–Kier alpha value is -1.79. The van der Waals surface area contributed by atoms with E-state index in [4.69, 9.17) is 9.47 Å². The maximum atomic E-state index is 13.1. The molecule has 1 aromatic carbocycles. The van der Waals surface area contributed by atoms with Gasteiger partial charge in [-0.15, -0.1) is 0 Å². The van der Waals surface area contributed by atoms with Gasteiger partial charge >= 0.3 is 0 Å². The van der Waals surface area contributed by atoms with Crippen LogP contribution in [-0.4, -0.2) is 80.1 Å². The Morgan fingerprint density at radius 3 is 2.37 bits per heavy atom. The molecule has 0 bridgehead atoms. The highest BCUT2D eigenvalue weighted by atomic mass is 16.5. The van der Waals surface area contributed by atoms with E-state index in [-0.39, 0.29) is 0 Å². The average Bonchev–Trinajstić information content (AvgIpc) is 2.79. The van der Waals surface area contributed by atoms with Crippen molar-refractivity contribution in [1.29, 1.82) is 0 Å². The van der Waals surface area contributed by atoms with Crippen LogP contribution in [0, 0.1) is 5.92 Å². The third-order valence-electron chi connectivity index (χ3n) is 7.24. The molecule has 0 N–H and O–H groups in total. The van der Waals surface area contributed by atoms with Gasteiger partial charge in [-0.1, -0.05) is 18.9 Å². The molecule has 4 rings (SSSR count). The largest absolute Gasteiger partial charge is 0.493 e. The Kier molecular flexibility index (Phi) is 7.16. The van der Waals surface area contributed by atoms with Crippen LogP contribution < -0.4 is 9.47 Å². The molecule has 6 heteroatoms. The van der Waals surface area contributed by atoms with Gasteiger partial charge in [-0.3, -0.25) is 14.6 Å². The lowest BCUT2D eigenvalue weighted by Gasteiger charge is -2.45. The number of fused-ring (bicyclic) bond motifs is 1. The maximum absolute atomic E-state index is 13.1. The first-order valence-corrected chi connectivity index (χ1v) is 11.6. The van der Waals surface area contributed by atoms with Crippen molar-refractivity contribution in [1.82, 2.24) is 14.7 Å². The molecule has 2 aliphatic heterocycles. The van der Waals surface area contributed by atoms with E-state index in [9.17, 15) is 4.79 Å². The lowest BCUT2D eigenvalue weighted by Crippen LogP contribution is -2.54. The highest BCUT2D eigenvalue weighted by Crippen LogP contribution is 2.35. The molecule has 30 heavy (non-hydrogen) atoms. The molecule has 1 saturated carbocycles. The topological polar surface area (TPSA) is 45.2 Å². The Morgan fingerprint density at radius 2 is 1.60 bits per heavy atom. The molecule has 0 radical (unpaired) electrons. The van der Waals surface area contributed by atoms with Crippen molar-refractivity contribution in [3.63, 3.8) is 0 Å². The monoisotopic (exact) mass is 415 g/mol. The first-order chi connectivity index (χ1) is 14.7. The molecule has 3 fully saturated rings. The Bertz CT molecular complexity index is 716. The van der Waals surface area contributed by atoms with Crippen molar-refractivity contribution in [2.75, 3.05) is 53.5 Å². The minimum absolute atomic E-state index is 0.361. The molecule has 0 spiro atoms. The maximum Gasteiger partial charge on any atom is 0.237 e. The number of hydrogen-bond acceptors (Lipinski definition) is 5. The molecule has 2 saturated heterocycles. The highest BCUT2D eigenvalue weighted by molar-refractivity contribution is 5.78. The molecule has 2 heterocycles. The molecule has 166 valence electrons. The highest BCUT2D eigenvalue weighted by Gasteiger charge is 2.36. The number of amides is 1. The van der Waals surface area contributed by atoms with Crippen LogP contribution in [0.3, 0.4) is 0 Å². The van der Waals surface area contributed by atoms with Gasteiger partial charge in [0.05, 0.1) is 20.8 Å². The van der Waals surface area contributed by atoms with Crippen LogP contribution in [-0.2, 0) is 11.3 Å². The minimum Gasteiger partial charge on any atom is -0.493 e. The number of methoxy groups -OCH3 is 2. The second kappa shape index (κ2) is 10.0. The van der Waals surface area contributed by atoms with E-state index in [1.165, 1.54) is 44.1 Å². The summed E-state index contributed by atoms with van der Waals surface area (Å²) in [5, 5.41) is 0. The summed E-state index contributed by atoms with van der Waals surface area (Å²) in [6, 6.07) is 6.66. The van der Waals surface area contributed by atoms with Crippen LogP contribution in [0.1, 0.15) is 44.1 Å². The van der Waals surface area contributed by atoms with Gasteiger partial charge in [0.2, 0.25) is 5.91 Å². The number of carbonyl (C=O) groups is 1. The molecule has 6 nitrogen and oxygen atoms in total. The zero-order valence-electron chi connectivity index (χ0n) is 18.6. The Labute approximate surface area is 181 Å². The molecular formula is C24H37N3O3. The van der Waals surface area contributed by atoms with Gasteiger partial charge in [0.25, 0.3) is 0 Å². The number of nitrogens with zero attached hydrogens (tertiary/aromatic N) is 3. The van der Waals surface area contributed by atoms with Crippen LogP contribution in [0.15, 0.2) is 18.2 Å². The van der Waals surface area contributed by atoms with Crippen molar-refractivity contribution >= 4 is 5.91 Å². The number of benzene rings is 1. The van der Waals surface area contributed by atoms with Crippen molar-refractivity contribution < 1.29 is 14.3 Å². The first-order valence-electron chi connectivity index (χ1n) is 11.6. The predicted octanol–water partition coefficient (Wildman–Crippen LogP) is 3.00. The lowest BCUT2D eigenvalue weighted by molar-refractivity contribution is -0.139. The van der Waals surface area contributed by atoms with Crippen molar-refractivity contribution in [3.8, 4) is 11.5 Å². The summed E-state index contributed by atoms with van der Waals surface area (Å²) < 4.78 is 10.8. The van der Waals surface area contributed by atoms with E-state index in [1.54, 1.807) is 14.2 Å². The van der Waals surface area contributed by atoms with Crippen LogP contribution in [0.5, 0.6) is 11.5 Å². The Balaban J connectivity index is 1.26. The van der Waals surface area contributed by atoms with Crippen molar-refractivity contribution in [3.05, 3.63) is 23.8 Å². The fourth-order valence-corrected chi connectivity index (χ4v) is 5.56. The zero-order chi connectivity index (χ0) is 20.9. The minimum atomic E-state index is 0.361. The number of rotatable bonds is 6. The third-order valence-corrected chi connectivity index (χ3v) is 7.24. The molecular weight excluding hydrogens is 378 g/mol. The summed E-state index contributed by atoms with van der Waals surface area (Å²) in [7, 11) is 3.34. The van der Waals surface area contributed by atoms with E-state index >= 15 is 0 Å². The molecule has 1 amide bonds. The van der Waals surface area contributed by atoms with Crippen LogP contribution >= 0.6 is 0 Å². The normalized spacial score (nSPS) is 25.6. The number of carbonyl (C=O) groups excluding carboxylic acids is 1. The van der Waals surface area contributed by atoms with Gasteiger partial charge in [0.15, 0.2) is 11.5 Å². The summed E-state index contributed by atoms with van der Waals surface area (Å²) in [6.45, 7) is 6.37. The van der Waals surface area contributed by atoms with Gasteiger partial charge < -0.3 is 14.4 Å². The van der Waals surface area contributed by atoms with E-state index in [2.05, 4.69) is 26.8 Å². The quantitative estimate of drug-likeness (QED) is 0.715. The van der Waals surface area contributed by atoms with Crippen molar-refractivity contribution in [2.45, 2.75) is 51.1 Å². The third kappa shape index (κ3) is 4.92. The SMILES string of the molecule is COc1ccc(CN2CCN(CC(=O)N3CCC[C@H]4CCCC[C@@H]43)CC2)cc1OC. The molecule has 1 aliphatic carbocycles. The summed E-state index contributed by atoms with van der Waals surface area (Å²) in [5.74, 6) is 2.67. The molecule has 0 aromatic heterocycles. The first kappa shape index (κ1) is 21.4. The molecule has 1 aromatic rings. The van der Waals surface area contributed by atoms with Gasteiger partial charge in [0.1, 0.15) is 0 Å². The number of likely N-dealkylation sites (tertiary alicyclic amines) is 1. The number of piperazine rings is 1. The fourth-order valence-electron chi connectivity index (χ4n) is 5.56. The van der Waals surface area contributed by atoms with E-state index in [0.717, 1.165) is 56.7 Å². The van der Waals surface area contributed by atoms with Gasteiger partial charge in [-0.05, 0) is 49.3 Å². The average molecular weight is 416 g/mol. The van der Waals surface area contributed by atoms with Gasteiger partial charge in [-0.2, -0.15) is 0 Å². The van der Waals surface area contributed by atoms with Crippen LogP contribution in [0.4, 0.5) is 0 Å². The van der Waals surface area contributed by atoms with Gasteiger partial charge in [-0.25, -0.2) is 0 Å². The van der Waals surface area contributed by atoms with Crippen molar-refractivity contribution in [2.24, 2.45) is 5.92 Å². The van der Waals surface area contributed by atoms with Gasteiger partial charge in [0, 0.05) is 45.3 Å². The second-order valence-corrected chi connectivity index (χ2v) is 9.08.